The minimum absolute atomic E-state index is 0.129. The summed E-state index contributed by atoms with van der Waals surface area (Å²) in [4.78, 5) is 35.3. The van der Waals surface area contributed by atoms with Gasteiger partial charge in [-0.05, 0) is 30.5 Å². The van der Waals surface area contributed by atoms with Crippen molar-refractivity contribution >= 4 is 28.5 Å². The minimum atomic E-state index is -0.515. The van der Waals surface area contributed by atoms with Crippen molar-refractivity contribution in [3.8, 4) is 6.07 Å². The zero-order valence-corrected chi connectivity index (χ0v) is 18.5. The van der Waals surface area contributed by atoms with Crippen molar-refractivity contribution in [2.45, 2.75) is 13.5 Å². The smallest absolute Gasteiger partial charge is 0.321 e. The summed E-state index contributed by atoms with van der Waals surface area (Å²) in [7, 11) is 1.42. The van der Waals surface area contributed by atoms with E-state index in [-0.39, 0.29) is 5.56 Å². The first-order valence-corrected chi connectivity index (χ1v) is 10.8. The van der Waals surface area contributed by atoms with Crippen LogP contribution in [-0.4, -0.2) is 9.55 Å². The minimum Gasteiger partial charge on any atom is -0.321 e. The van der Waals surface area contributed by atoms with Crippen LogP contribution in [0.5, 0.6) is 0 Å². The topological polar surface area (TPSA) is 76.6 Å². The van der Waals surface area contributed by atoms with Crippen LogP contribution in [0.2, 0.25) is 0 Å². The lowest BCUT2D eigenvalue weighted by molar-refractivity contribution is 0.763. The van der Waals surface area contributed by atoms with Gasteiger partial charge in [0, 0.05) is 17.6 Å². The third kappa shape index (κ3) is 4.63. The van der Waals surface area contributed by atoms with E-state index >= 15 is 0 Å². The summed E-state index contributed by atoms with van der Waals surface area (Å²) in [6.45, 7) is 2.47. The summed E-state index contributed by atoms with van der Waals surface area (Å²) in [5.41, 5.74) is 5.80. The number of aryl methyl sites for hydroxylation is 1. The van der Waals surface area contributed by atoms with Gasteiger partial charge in [-0.3, -0.25) is 19.8 Å². The van der Waals surface area contributed by atoms with Gasteiger partial charge in [0.25, 0.3) is 5.56 Å². The van der Waals surface area contributed by atoms with Crippen LogP contribution in [0.25, 0.3) is 10.4 Å². The third-order valence-electron chi connectivity index (χ3n) is 4.88. The molecular weight excluding hydrogens is 422 g/mol. The monoisotopic (exact) mass is 443 g/mol. The molecule has 0 aliphatic heterocycles. The molecule has 0 unspecified atom stereocenters. The number of thiophene rings is 1. The van der Waals surface area contributed by atoms with E-state index < -0.39 is 11.2 Å². The third-order valence-corrected chi connectivity index (χ3v) is 5.74. The molecule has 2 aromatic carbocycles. The molecule has 4 aromatic rings. The first-order valence-electron chi connectivity index (χ1n) is 9.94. The van der Waals surface area contributed by atoms with E-state index in [1.54, 1.807) is 23.5 Å². The second-order valence-electron chi connectivity index (χ2n) is 7.17. The predicted molar refractivity (Wildman–Crippen MR) is 129 cm³/mol. The second kappa shape index (κ2) is 9.37. The number of hydrogen-bond donors (Lipinski definition) is 1. The van der Waals surface area contributed by atoms with Gasteiger partial charge < -0.3 is 4.90 Å². The van der Waals surface area contributed by atoms with E-state index in [4.69, 9.17) is 0 Å². The van der Waals surface area contributed by atoms with Crippen molar-refractivity contribution in [2.24, 2.45) is 7.05 Å². The molecule has 0 radical (unpaired) electrons. The molecule has 4 rings (SSSR count). The Hall–Kier alpha value is -4.09. The lowest BCUT2D eigenvalue weighted by atomic mass is 10.2. The van der Waals surface area contributed by atoms with Crippen LogP contribution < -0.4 is 16.1 Å². The quantitative estimate of drug-likeness (QED) is 0.437. The molecule has 8 heteroatoms. The molecule has 32 heavy (non-hydrogen) atoms. The molecule has 0 aliphatic carbocycles. The molecule has 0 amide bonds. The standard InChI is InChI=1S/C24H21N5O2S/c1-17-10-12-19(13-11-17)29(16-20-9-6-14-32-20)22-21(23(30)28(2)24(31)26-22)15-25-27-18-7-4-3-5-8-18/h3-14H,16H2,1-2H3,(H,26,31). The SMILES string of the molecule is Cc1ccc(N(Cc2cccs2)c2[nH]c(=O)n(C)c(=O)c2C#[N+][N-]c2ccccc2)cc1. The van der Waals surface area contributed by atoms with Crippen LogP contribution in [0, 0.1) is 13.0 Å². The fourth-order valence-corrected chi connectivity index (χ4v) is 3.81. The number of hydrogen-bond acceptors (Lipinski definition) is 4. The Morgan fingerprint density at radius 1 is 1.06 bits per heavy atom. The predicted octanol–water partition coefficient (Wildman–Crippen LogP) is 5.08. The van der Waals surface area contributed by atoms with Crippen molar-refractivity contribution < 1.29 is 0 Å². The van der Waals surface area contributed by atoms with E-state index in [9.17, 15) is 9.59 Å². The maximum absolute atomic E-state index is 13.0. The van der Waals surface area contributed by atoms with Gasteiger partial charge in [0.1, 0.15) is 5.82 Å². The molecule has 0 saturated heterocycles. The van der Waals surface area contributed by atoms with Crippen molar-refractivity contribution in [1.29, 1.82) is 0 Å². The summed E-state index contributed by atoms with van der Waals surface area (Å²) in [5.74, 6) is 0.322. The van der Waals surface area contributed by atoms with E-state index in [1.165, 1.54) is 7.05 Å². The molecule has 7 nitrogen and oxygen atoms in total. The van der Waals surface area contributed by atoms with Gasteiger partial charge in [-0.1, -0.05) is 64.7 Å². The molecule has 160 valence electrons. The molecule has 0 saturated carbocycles. The normalized spacial score (nSPS) is 10.3. The van der Waals surface area contributed by atoms with Crippen LogP contribution in [0.15, 0.2) is 81.7 Å². The fraction of sp³-hybridized carbons (Fsp3) is 0.125. The van der Waals surface area contributed by atoms with E-state index in [0.717, 1.165) is 20.7 Å². The number of H-pyrrole nitrogens is 1. The Bertz CT molecular complexity index is 1380. The second-order valence-corrected chi connectivity index (χ2v) is 8.20. The highest BCUT2D eigenvalue weighted by molar-refractivity contribution is 7.09. The molecule has 0 fully saturated rings. The number of aromatic nitrogens is 2. The molecule has 0 spiro atoms. The van der Waals surface area contributed by atoms with Crippen LogP contribution in [0.3, 0.4) is 0 Å². The Morgan fingerprint density at radius 3 is 2.50 bits per heavy atom. The van der Waals surface area contributed by atoms with Crippen LogP contribution in [0.1, 0.15) is 16.0 Å². The zero-order chi connectivity index (χ0) is 22.5. The maximum Gasteiger partial charge on any atom is 0.329 e. The highest BCUT2D eigenvalue weighted by atomic mass is 32.1. The van der Waals surface area contributed by atoms with Crippen molar-refractivity contribution in [3.63, 3.8) is 0 Å². The van der Waals surface area contributed by atoms with Crippen LogP contribution >= 0.6 is 11.3 Å². The molecule has 2 heterocycles. The van der Waals surface area contributed by atoms with Crippen LogP contribution in [0.4, 0.5) is 17.2 Å². The highest BCUT2D eigenvalue weighted by Gasteiger charge is 2.22. The average Bonchev–Trinajstić information content (AvgIpc) is 3.32. The Morgan fingerprint density at radius 2 is 1.81 bits per heavy atom. The number of anilines is 2. The zero-order valence-electron chi connectivity index (χ0n) is 17.6. The fourth-order valence-electron chi connectivity index (χ4n) is 3.12. The van der Waals surface area contributed by atoms with E-state index in [2.05, 4.69) is 21.4 Å². The molecule has 1 N–H and O–H groups in total. The van der Waals surface area contributed by atoms with Gasteiger partial charge in [-0.15, -0.1) is 11.3 Å². The lowest BCUT2D eigenvalue weighted by Gasteiger charge is -2.24. The maximum atomic E-state index is 13.0. The number of nitrogens with one attached hydrogen (secondary N) is 1. The van der Waals surface area contributed by atoms with E-state index in [0.29, 0.717) is 18.1 Å². The number of aromatic amines is 1. The summed E-state index contributed by atoms with van der Waals surface area (Å²) >= 11 is 1.60. The molecule has 0 atom stereocenters. The Kier molecular flexibility index (Phi) is 6.19. The Labute approximate surface area is 189 Å². The Balaban J connectivity index is 1.84. The average molecular weight is 444 g/mol. The van der Waals surface area contributed by atoms with Gasteiger partial charge in [0.05, 0.1) is 6.54 Å². The number of benzene rings is 2. The largest absolute Gasteiger partial charge is 0.329 e. The summed E-state index contributed by atoms with van der Waals surface area (Å²) < 4.78 is 1.00. The molecule has 0 bridgehead atoms. The van der Waals surface area contributed by atoms with Gasteiger partial charge >= 0.3 is 11.8 Å². The molecular formula is C24H21N5O2S. The first-order chi connectivity index (χ1) is 15.5. The van der Waals surface area contributed by atoms with E-state index in [1.807, 2.05) is 71.8 Å². The summed E-state index contributed by atoms with van der Waals surface area (Å²) in [6, 6.07) is 23.8. The highest BCUT2D eigenvalue weighted by Crippen LogP contribution is 2.28. The van der Waals surface area contributed by atoms with Crippen LogP contribution in [-0.2, 0) is 13.6 Å². The summed E-state index contributed by atoms with van der Waals surface area (Å²) in [6.07, 6.45) is 0. The van der Waals surface area contributed by atoms with Gasteiger partial charge in [-0.25, -0.2) is 4.79 Å². The van der Waals surface area contributed by atoms with Gasteiger partial charge in [-0.2, -0.15) is 0 Å². The van der Waals surface area contributed by atoms with Crippen molar-refractivity contribution in [1.82, 2.24) is 9.55 Å². The van der Waals surface area contributed by atoms with Gasteiger partial charge in [0.15, 0.2) is 0 Å². The van der Waals surface area contributed by atoms with Crippen molar-refractivity contribution in [2.75, 3.05) is 4.90 Å². The summed E-state index contributed by atoms with van der Waals surface area (Å²) in [5, 5.41) is 1.99. The number of nitrogens with zero attached hydrogens (tertiary/aromatic N) is 4. The van der Waals surface area contributed by atoms with Crippen molar-refractivity contribution in [3.05, 3.63) is 119 Å². The van der Waals surface area contributed by atoms with Gasteiger partial charge in [0.2, 0.25) is 5.56 Å². The molecule has 0 aliphatic rings. The lowest BCUT2D eigenvalue weighted by Crippen LogP contribution is -2.37. The molecule has 2 aromatic heterocycles. The number of rotatable bonds is 5. The first kappa shape index (κ1) is 21.2.